The Morgan fingerprint density at radius 3 is 2.41 bits per heavy atom. The maximum absolute atomic E-state index is 12.3. The smallest absolute Gasteiger partial charge is 0.326 e. The number of nitrogens with zero attached hydrogens (tertiary/aromatic N) is 2. The van der Waals surface area contributed by atoms with Crippen molar-refractivity contribution in [1.82, 2.24) is 14.3 Å². The molecular formula is C14H17N3O4S. The fourth-order valence-corrected chi connectivity index (χ4v) is 2.98. The molecule has 0 bridgehead atoms. The second kappa shape index (κ2) is 6.29. The van der Waals surface area contributed by atoms with E-state index in [1.54, 1.807) is 34.9 Å². The van der Waals surface area contributed by atoms with Gasteiger partial charge < -0.3 is 9.67 Å². The molecule has 0 aliphatic heterocycles. The lowest BCUT2D eigenvalue weighted by Gasteiger charge is -2.14. The number of aliphatic carboxylic acids is 1. The molecule has 2 rings (SSSR count). The number of aromatic nitrogens is 2. The van der Waals surface area contributed by atoms with E-state index < -0.39 is 22.0 Å². The minimum Gasteiger partial charge on any atom is -0.480 e. The van der Waals surface area contributed by atoms with Gasteiger partial charge in [-0.05, 0) is 19.4 Å². The third kappa shape index (κ3) is 3.52. The van der Waals surface area contributed by atoms with Crippen molar-refractivity contribution in [3.05, 3.63) is 48.4 Å². The summed E-state index contributed by atoms with van der Waals surface area (Å²) in [4.78, 5) is 15.2. The van der Waals surface area contributed by atoms with Gasteiger partial charge in [-0.1, -0.05) is 30.3 Å². The summed E-state index contributed by atoms with van der Waals surface area (Å²) < 4.78 is 28.4. The second-order valence-corrected chi connectivity index (χ2v) is 6.72. The zero-order chi connectivity index (χ0) is 16.3. The highest BCUT2D eigenvalue weighted by Gasteiger charge is 2.28. The van der Waals surface area contributed by atoms with Crippen LogP contribution in [0.3, 0.4) is 0 Å². The van der Waals surface area contributed by atoms with Crippen LogP contribution in [0.15, 0.2) is 47.9 Å². The maximum atomic E-state index is 12.3. The van der Waals surface area contributed by atoms with Crippen LogP contribution >= 0.6 is 0 Å². The highest BCUT2D eigenvalue weighted by atomic mass is 32.2. The van der Waals surface area contributed by atoms with Crippen molar-refractivity contribution >= 4 is 16.0 Å². The van der Waals surface area contributed by atoms with E-state index >= 15 is 0 Å². The Bertz CT molecular complexity index is 753. The largest absolute Gasteiger partial charge is 0.480 e. The Morgan fingerprint density at radius 1 is 1.27 bits per heavy atom. The molecule has 0 amide bonds. The number of nitrogens with one attached hydrogen (secondary N) is 1. The van der Waals surface area contributed by atoms with Crippen LogP contribution in [0.2, 0.25) is 0 Å². The predicted octanol–water partition coefficient (Wildman–Crippen LogP) is 1.57. The fraction of sp³-hybridized carbons (Fsp3) is 0.286. The number of carboxylic acids is 1. The molecule has 8 heteroatoms. The summed E-state index contributed by atoms with van der Waals surface area (Å²) in [6.07, 6.45) is 2.77. The highest BCUT2D eigenvalue weighted by molar-refractivity contribution is 7.89. The second-order valence-electron chi connectivity index (χ2n) is 5.06. The van der Waals surface area contributed by atoms with Gasteiger partial charge in [0.2, 0.25) is 0 Å². The number of imidazole rings is 1. The van der Waals surface area contributed by atoms with Gasteiger partial charge in [-0.3, -0.25) is 4.79 Å². The number of hydrogen-bond acceptors (Lipinski definition) is 4. The molecule has 22 heavy (non-hydrogen) atoms. The number of hydrogen-bond donors (Lipinski definition) is 2. The van der Waals surface area contributed by atoms with Crippen LogP contribution in [0, 0.1) is 0 Å². The van der Waals surface area contributed by atoms with Gasteiger partial charge in [-0.2, -0.15) is 4.72 Å². The Labute approximate surface area is 128 Å². The average Bonchev–Trinajstić information content (AvgIpc) is 2.96. The normalized spacial score (nSPS) is 13.2. The number of carboxylic acid groups (broad SMARTS) is 1. The van der Waals surface area contributed by atoms with Crippen molar-refractivity contribution in [3.8, 4) is 0 Å². The van der Waals surface area contributed by atoms with Crippen LogP contribution in [-0.2, 0) is 14.8 Å². The summed E-state index contributed by atoms with van der Waals surface area (Å²) in [7, 11) is -4.03. The minimum absolute atomic E-state index is 0.0563. The Hall–Kier alpha value is -2.19. The van der Waals surface area contributed by atoms with Crippen LogP contribution in [-0.4, -0.2) is 29.0 Å². The SMILES string of the molecule is CC(C)n1cnc(S(=O)(=O)N[C@@H](C(=O)O)c2ccccc2)c1. The standard InChI is InChI=1S/C14H17N3O4S/c1-10(2)17-8-12(15-9-17)22(20,21)16-13(14(18)19)11-6-4-3-5-7-11/h3-10,13,16H,1-2H3,(H,18,19)/t13-/m1/s1. The minimum atomic E-state index is -4.03. The topological polar surface area (TPSA) is 101 Å². The molecule has 2 aromatic rings. The van der Waals surface area contributed by atoms with Gasteiger partial charge in [0.05, 0.1) is 6.33 Å². The first kappa shape index (κ1) is 16.2. The van der Waals surface area contributed by atoms with Crippen LogP contribution < -0.4 is 4.72 Å². The lowest BCUT2D eigenvalue weighted by Crippen LogP contribution is -2.34. The van der Waals surface area contributed by atoms with Gasteiger partial charge in [0.25, 0.3) is 10.0 Å². The summed E-state index contributed by atoms with van der Waals surface area (Å²) in [6.45, 7) is 3.77. The van der Waals surface area contributed by atoms with Crippen molar-refractivity contribution in [2.75, 3.05) is 0 Å². The number of sulfonamides is 1. The lowest BCUT2D eigenvalue weighted by molar-refractivity contribution is -0.139. The number of benzene rings is 1. The van der Waals surface area contributed by atoms with E-state index in [0.29, 0.717) is 5.56 Å². The van der Waals surface area contributed by atoms with Crippen LogP contribution in [0.1, 0.15) is 31.5 Å². The predicted molar refractivity (Wildman–Crippen MR) is 79.8 cm³/mol. The van der Waals surface area contributed by atoms with Crippen LogP contribution in [0.25, 0.3) is 0 Å². The summed E-state index contributed by atoms with van der Waals surface area (Å²) in [5.74, 6) is -1.28. The number of carbonyl (C=O) groups is 1. The van der Waals surface area contributed by atoms with E-state index in [9.17, 15) is 18.3 Å². The van der Waals surface area contributed by atoms with E-state index in [0.717, 1.165) is 0 Å². The molecule has 0 spiro atoms. The van der Waals surface area contributed by atoms with Crippen molar-refractivity contribution in [1.29, 1.82) is 0 Å². The molecule has 0 saturated carbocycles. The molecular weight excluding hydrogens is 306 g/mol. The summed E-state index contributed by atoms with van der Waals surface area (Å²) >= 11 is 0. The molecule has 0 radical (unpaired) electrons. The van der Waals surface area contributed by atoms with Gasteiger partial charge in [0, 0.05) is 12.2 Å². The third-order valence-corrected chi connectivity index (χ3v) is 4.41. The molecule has 0 aliphatic carbocycles. The Kier molecular flexibility index (Phi) is 4.62. The van der Waals surface area contributed by atoms with Crippen LogP contribution in [0.4, 0.5) is 0 Å². The van der Waals surface area contributed by atoms with E-state index in [1.165, 1.54) is 12.5 Å². The van der Waals surface area contributed by atoms with Crippen molar-refractivity contribution in [2.45, 2.75) is 31.0 Å². The van der Waals surface area contributed by atoms with Gasteiger partial charge >= 0.3 is 5.97 Å². The molecule has 0 saturated heterocycles. The lowest BCUT2D eigenvalue weighted by atomic mass is 10.1. The number of rotatable bonds is 6. The molecule has 7 nitrogen and oxygen atoms in total. The zero-order valence-corrected chi connectivity index (χ0v) is 13.0. The first-order chi connectivity index (χ1) is 10.3. The first-order valence-electron chi connectivity index (χ1n) is 6.65. The summed E-state index contributed by atoms with van der Waals surface area (Å²) in [6, 6.07) is 6.81. The van der Waals surface area contributed by atoms with Gasteiger partial charge in [0.1, 0.15) is 6.04 Å². The molecule has 1 aromatic carbocycles. The zero-order valence-electron chi connectivity index (χ0n) is 12.2. The quantitative estimate of drug-likeness (QED) is 0.840. The van der Waals surface area contributed by atoms with Gasteiger partial charge in [0.15, 0.2) is 5.03 Å². The molecule has 1 aromatic heterocycles. The monoisotopic (exact) mass is 323 g/mol. The van der Waals surface area contributed by atoms with E-state index in [1.807, 2.05) is 13.8 Å². The maximum Gasteiger partial charge on any atom is 0.326 e. The van der Waals surface area contributed by atoms with E-state index in [2.05, 4.69) is 9.71 Å². The molecule has 0 unspecified atom stereocenters. The van der Waals surface area contributed by atoms with Gasteiger partial charge in [-0.25, -0.2) is 13.4 Å². The molecule has 0 fully saturated rings. The molecule has 0 aliphatic rings. The fourth-order valence-electron chi connectivity index (χ4n) is 1.86. The highest BCUT2D eigenvalue weighted by Crippen LogP contribution is 2.17. The molecule has 2 N–H and O–H groups in total. The van der Waals surface area contributed by atoms with Crippen LogP contribution in [0.5, 0.6) is 0 Å². The molecule has 118 valence electrons. The van der Waals surface area contributed by atoms with Gasteiger partial charge in [-0.15, -0.1) is 0 Å². The van der Waals surface area contributed by atoms with Crippen molar-refractivity contribution in [3.63, 3.8) is 0 Å². The summed E-state index contributed by atoms with van der Waals surface area (Å²) in [5, 5.41) is 9.07. The Balaban J connectivity index is 2.30. The summed E-state index contributed by atoms with van der Waals surface area (Å²) in [5.41, 5.74) is 0.349. The average molecular weight is 323 g/mol. The van der Waals surface area contributed by atoms with Crippen molar-refractivity contribution < 1.29 is 18.3 Å². The van der Waals surface area contributed by atoms with Crippen molar-refractivity contribution in [2.24, 2.45) is 0 Å². The Morgan fingerprint density at radius 2 is 1.91 bits per heavy atom. The molecule has 1 heterocycles. The van der Waals surface area contributed by atoms with E-state index in [4.69, 9.17) is 0 Å². The first-order valence-corrected chi connectivity index (χ1v) is 8.13. The third-order valence-electron chi connectivity index (χ3n) is 3.10. The van der Waals surface area contributed by atoms with E-state index in [-0.39, 0.29) is 11.1 Å². The molecule has 1 atom stereocenters.